The largest absolute Gasteiger partial charge is 0.393 e. The molecule has 0 fully saturated rings. The summed E-state index contributed by atoms with van der Waals surface area (Å²) < 4.78 is 0. The fourth-order valence-corrected chi connectivity index (χ4v) is 0.690. The fraction of sp³-hybridized carbons (Fsp3) is 1.00. The minimum atomic E-state index is -0.113. The average Bonchev–Trinajstić information content (AvgIpc) is 1.83. The summed E-state index contributed by atoms with van der Waals surface area (Å²) >= 11 is 4.71. The zero-order valence-electron chi connectivity index (χ0n) is 5.26. The highest BCUT2D eigenvalue weighted by Crippen LogP contribution is 2.00. The smallest absolute Gasteiger partial charge is 0.0538 e. The van der Waals surface area contributed by atoms with E-state index in [-0.39, 0.29) is 6.10 Å². The summed E-state index contributed by atoms with van der Waals surface area (Å²) in [7, 11) is 0. The van der Waals surface area contributed by atoms with Gasteiger partial charge in [-0.1, -0.05) is 19.6 Å². The zero-order valence-corrected chi connectivity index (χ0v) is 6.08. The second-order valence-corrected chi connectivity index (χ2v) is 2.32. The predicted molar refractivity (Wildman–Crippen MR) is 38.0 cm³/mol. The van der Waals surface area contributed by atoms with Crippen LogP contribution in [0, 0.1) is 0 Å². The Morgan fingerprint density at radius 3 is 2.62 bits per heavy atom. The summed E-state index contributed by atoms with van der Waals surface area (Å²) in [5.41, 5.74) is 0. The molecule has 0 aromatic rings. The van der Waals surface area contributed by atoms with Crippen molar-refractivity contribution in [2.45, 2.75) is 32.3 Å². The van der Waals surface area contributed by atoms with Crippen LogP contribution in [0.15, 0.2) is 0 Å². The van der Waals surface area contributed by atoms with Gasteiger partial charge in [-0.25, -0.2) is 0 Å². The van der Waals surface area contributed by atoms with Gasteiger partial charge in [-0.3, -0.25) is 0 Å². The number of aliphatic hydroxyl groups excluding tert-OH is 1. The van der Waals surface area contributed by atoms with Crippen LogP contribution in [0.1, 0.15) is 26.2 Å². The van der Waals surface area contributed by atoms with E-state index in [0.717, 1.165) is 25.0 Å². The first-order chi connectivity index (χ1) is 3.81. The summed E-state index contributed by atoms with van der Waals surface area (Å²) in [5, 5.41) is 8.94. The van der Waals surface area contributed by atoms with Crippen molar-refractivity contribution in [1.82, 2.24) is 0 Å². The first kappa shape index (κ1) is 8.31. The van der Waals surface area contributed by atoms with Crippen molar-refractivity contribution in [3.63, 3.8) is 0 Å². The van der Waals surface area contributed by atoms with Gasteiger partial charge in [0.2, 0.25) is 0 Å². The standard InChI is InChI=1S/C6H13OS/c1-2-6(7)4-3-5-8/h6-7H,2-5H2,1H3. The molecule has 0 rings (SSSR count). The lowest BCUT2D eigenvalue weighted by atomic mass is 10.2. The Morgan fingerprint density at radius 2 is 2.25 bits per heavy atom. The van der Waals surface area contributed by atoms with Gasteiger partial charge in [-0.2, -0.15) is 0 Å². The molecular formula is C6H13OS. The van der Waals surface area contributed by atoms with Crippen molar-refractivity contribution in [2.24, 2.45) is 0 Å². The van der Waals surface area contributed by atoms with Gasteiger partial charge in [0.1, 0.15) is 0 Å². The van der Waals surface area contributed by atoms with E-state index in [1.807, 2.05) is 6.92 Å². The number of hydrogen-bond donors (Lipinski definition) is 1. The van der Waals surface area contributed by atoms with E-state index < -0.39 is 0 Å². The Balaban J connectivity index is 2.86. The molecular weight excluding hydrogens is 120 g/mol. The van der Waals surface area contributed by atoms with Crippen LogP contribution in [0.3, 0.4) is 0 Å². The van der Waals surface area contributed by atoms with Crippen molar-refractivity contribution in [1.29, 1.82) is 0 Å². The molecule has 0 amide bonds. The molecule has 0 saturated heterocycles. The third-order valence-corrected chi connectivity index (χ3v) is 1.44. The monoisotopic (exact) mass is 133 g/mol. The van der Waals surface area contributed by atoms with E-state index in [1.54, 1.807) is 0 Å². The highest BCUT2D eigenvalue weighted by atomic mass is 32.1. The average molecular weight is 133 g/mol. The minimum absolute atomic E-state index is 0.113. The van der Waals surface area contributed by atoms with Gasteiger partial charge in [0.05, 0.1) is 6.10 Å². The Labute approximate surface area is 56.5 Å². The summed E-state index contributed by atoms with van der Waals surface area (Å²) in [5.74, 6) is 0.775. The lowest BCUT2D eigenvalue weighted by molar-refractivity contribution is 0.160. The molecule has 8 heavy (non-hydrogen) atoms. The van der Waals surface area contributed by atoms with E-state index in [9.17, 15) is 0 Å². The molecule has 0 spiro atoms. The zero-order chi connectivity index (χ0) is 6.41. The van der Waals surface area contributed by atoms with E-state index in [2.05, 4.69) is 0 Å². The van der Waals surface area contributed by atoms with Crippen LogP contribution in [0.2, 0.25) is 0 Å². The Morgan fingerprint density at radius 1 is 1.62 bits per heavy atom. The Bertz CT molecular complexity index is 47.8. The molecule has 0 aromatic heterocycles. The van der Waals surface area contributed by atoms with Crippen molar-refractivity contribution in [2.75, 3.05) is 5.75 Å². The SMILES string of the molecule is CCC(O)CCC[S]. The van der Waals surface area contributed by atoms with Crippen molar-refractivity contribution < 1.29 is 5.11 Å². The molecule has 1 unspecified atom stereocenters. The van der Waals surface area contributed by atoms with Crippen LogP contribution < -0.4 is 0 Å². The van der Waals surface area contributed by atoms with Gasteiger partial charge in [-0.15, -0.1) is 0 Å². The van der Waals surface area contributed by atoms with Crippen LogP contribution in [0.4, 0.5) is 0 Å². The molecule has 1 nitrogen and oxygen atoms in total. The first-order valence-electron chi connectivity index (χ1n) is 3.07. The van der Waals surface area contributed by atoms with Crippen molar-refractivity contribution >= 4 is 12.6 Å². The Hall–Kier alpha value is 0.310. The molecule has 0 bridgehead atoms. The number of rotatable bonds is 4. The topological polar surface area (TPSA) is 20.2 Å². The second kappa shape index (κ2) is 5.45. The predicted octanol–water partition coefficient (Wildman–Crippen LogP) is 1.73. The quantitative estimate of drug-likeness (QED) is 0.619. The summed E-state index contributed by atoms with van der Waals surface area (Å²) in [6, 6.07) is 0. The molecule has 0 aliphatic heterocycles. The molecule has 0 saturated carbocycles. The van der Waals surface area contributed by atoms with Gasteiger partial charge >= 0.3 is 0 Å². The molecule has 0 aliphatic carbocycles. The third kappa shape index (κ3) is 4.47. The molecule has 2 heteroatoms. The van der Waals surface area contributed by atoms with Crippen LogP contribution in [-0.4, -0.2) is 17.0 Å². The van der Waals surface area contributed by atoms with Gasteiger partial charge in [0, 0.05) is 5.75 Å². The van der Waals surface area contributed by atoms with Crippen molar-refractivity contribution in [3.8, 4) is 0 Å². The third-order valence-electron chi connectivity index (χ3n) is 1.15. The van der Waals surface area contributed by atoms with Crippen LogP contribution in [0.5, 0.6) is 0 Å². The van der Waals surface area contributed by atoms with Crippen LogP contribution in [0.25, 0.3) is 0 Å². The van der Waals surface area contributed by atoms with Gasteiger partial charge in [0.25, 0.3) is 0 Å². The fourth-order valence-electron chi connectivity index (χ4n) is 0.523. The highest BCUT2D eigenvalue weighted by molar-refractivity contribution is 7.80. The van der Waals surface area contributed by atoms with Crippen LogP contribution in [-0.2, 0) is 0 Å². The second-order valence-electron chi connectivity index (χ2n) is 1.91. The normalized spacial score (nSPS) is 13.9. The summed E-state index contributed by atoms with van der Waals surface area (Å²) in [6.45, 7) is 1.98. The Kier molecular flexibility index (Phi) is 5.66. The maximum Gasteiger partial charge on any atom is 0.0538 e. The van der Waals surface area contributed by atoms with E-state index >= 15 is 0 Å². The molecule has 0 heterocycles. The van der Waals surface area contributed by atoms with Gasteiger partial charge in [0.15, 0.2) is 0 Å². The minimum Gasteiger partial charge on any atom is -0.393 e. The van der Waals surface area contributed by atoms with E-state index in [4.69, 9.17) is 17.7 Å². The first-order valence-corrected chi connectivity index (χ1v) is 3.65. The van der Waals surface area contributed by atoms with E-state index in [0.29, 0.717) is 0 Å². The maximum atomic E-state index is 8.94. The number of hydrogen-bond acceptors (Lipinski definition) is 1. The summed E-state index contributed by atoms with van der Waals surface area (Å²) in [6.07, 6.45) is 2.60. The number of aliphatic hydroxyl groups is 1. The molecule has 49 valence electrons. The molecule has 1 N–H and O–H groups in total. The van der Waals surface area contributed by atoms with E-state index in [1.165, 1.54) is 0 Å². The lowest BCUT2D eigenvalue weighted by Gasteiger charge is -2.03. The molecule has 0 aliphatic rings. The lowest BCUT2D eigenvalue weighted by Crippen LogP contribution is -2.03. The maximum absolute atomic E-state index is 8.94. The summed E-state index contributed by atoms with van der Waals surface area (Å²) in [4.78, 5) is 0. The molecule has 0 aromatic carbocycles. The molecule has 1 radical (unpaired) electrons. The van der Waals surface area contributed by atoms with Gasteiger partial charge in [-0.05, 0) is 19.3 Å². The highest BCUT2D eigenvalue weighted by Gasteiger charge is 1.96. The van der Waals surface area contributed by atoms with Crippen molar-refractivity contribution in [3.05, 3.63) is 0 Å². The molecule has 1 atom stereocenters. The van der Waals surface area contributed by atoms with Gasteiger partial charge < -0.3 is 5.11 Å². The van der Waals surface area contributed by atoms with Crippen LogP contribution >= 0.6 is 12.6 Å².